The molecule has 2 aliphatic rings. The summed E-state index contributed by atoms with van der Waals surface area (Å²) in [7, 11) is 0. The number of ether oxygens (including phenoxy) is 2. The maximum absolute atomic E-state index is 9.60. The molecule has 1 N–H and O–H groups in total. The number of aliphatic hydroxyl groups is 1. The minimum atomic E-state index is -0.318. The number of carbonyl (C=O) groups is 1. The van der Waals surface area contributed by atoms with Crippen LogP contribution in [0.3, 0.4) is 0 Å². The molecule has 0 aromatic carbocycles. The summed E-state index contributed by atoms with van der Waals surface area (Å²) in [5.74, 6) is 0. The van der Waals surface area contributed by atoms with Crippen molar-refractivity contribution in [2.75, 3.05) is 26.3 Å². The lowest BCUT2D eigenvalue weighted by molar-refractivity contribution is -0.138. The predicted octanol–water partition coefficient (Wildman–Crippen LogP) is -0.0213. The quantitative estimate of drug-likeness (QED) is 0.520. The van der Waals surface area contributed by atoms with Crippen molar-refractivity contribution in [3.63, 3.8) is 0 Å². The number of carbonyl (C=O) groups excluding carboxylic acids is 1. The van der Waals surface area contributed by atoms with Crippen LogP contribution >= 0.6 is 0 Å². The number of nitrogens with zero attached hydrogens (tertiary/aromatic N) is 1. The van der Waals surface area contributed by atoms with Crippen molar-refractivity contribution in [2.24, 2.45) is 0 Å². The fourth-order valence-electron chi connectivity index (χ4n) is 1.37. The van der Waals surface area contributed by atoms with Gasteiger partial charge in [-0.1, -0.05) is 0 Å². The summed E-state index contributed by atoms with van der Waals surface area (Å²) in [6.45, 7) is 8.81. The summed E-state index contributed by atoms with van der Waals surface area (Å²) < 4.78 is 9.79. The van der Waals surface area contributed by atoms with Crippen molar-refractivity contribution in [2.45, 2.75) is 32.1 Å². The van der Waals surface area contributed by atoms with Gasteiger partial charge in [0, 0.05) is 13.1 Å². The van der Waals surface area contributed by atoms with Gasteiger partial charge in [-0.15, -0.1) is 0 Å². The SMILES string of the molecule is CC(C)(C)OC=O.OC[C@@]12CN1CCO2. The van der Waals surface area contributed by atoms with Crippen LogP contribution in [0, 0.1) is 0 Å². The van der Waals surface area contributed by atoms with Gasteiger partial charge in [-0.2, -0.15) is 0 Å². The average molecular weight is 217 g/mol. The Hall–Kier alpha value is -0.650. The number of hydrogen-bond donors (Lipinski definition) is 1. The van der Waals surface area contributed by atoms with Crippen LogP contribution in [0.2, 0.25) is 0 Å². The normalized spacial score (nSPS) is 32.4. The Morgan fingerprint density at radius 2 is 2.27 bits per heavy atom. The molecule has 0 aliphatic carbocycles. The summed E-state index contributed by atoms with van der Waals surface area (Å²) in [6, 6.07) is 0. The topological polar surface area (TPSA) is 58.8 Å². The minimum Gasteiger partial charge on any atom is -0.462 e. The van der Waals surface area contributed by atoms with E-state index in [0.717, 1.165) is 19.7 Å². The second kappa shape index (κ2) is 4.47. The molecule has 88 valence electrons. The van der Waals surface area contributed by atoms with E-state index < -0.39 is 0 Å². The average Bonchev–Trinajstić information content (AvgIpc) is 2.69. The van der Waals surface area contributed by atoms with Gasteiger partial charge < -0.3 is 14.6 Å². The summed E-state index contributed by atoms with van der Waals surface area (Å²) in [5, 5.41) is 8.70. The fraction of sp³-hybridized carbons (Fsp3) is 0.900. The van der Waals surface area contributed by atoms with Crippen LogP contribution in [-0.4, -0.2) is 54.1 Å². The predicted molar refractivity (Wildman–Crippen MR) is 54.2 cm³/mol. The Bertz CT molecular complexity index is 222. The van der Waals surface area contributed by atoms with Crippen LogP contribution in [0.5, 0.6) is 0 Å². The molecule has 2 aliphatic heterocycles. The van der Waals surface area contributed by atoms with Gasteiger partial charge in [0.25, 0.3) is 6.47 Å². The molecule has 5 nitrogen and oxygen atoms in total. The maximum atomic E-state index is 9.60. The summed E-state index contributed by atoms with van der Waals surface area (Å²) in [5.41, 5.74) is -0.526. The zero-order valence-electron chi connectivity index (χ0n) is 9.52. The Labute approximate surface area is 90.0 Å². The number of fused-ring (bicyclic) bond motifs is 1. The molecule has 0 radical (unpaired) electrons. The lowest BCUT2D eigenvalue weighted by atomic mass is 10.2. The summed E-state index contributed by atoms with van der Waals surface area (Å²) in [4.78, 5) is 11.7. The van der Waals surface area contributed by atoms with Crippen molar-refractivity contribution >= 4 is 6.47 Å². The van der Waals surface area contributed by atoms with E-state index in [1.165, 1.54) is 0 Å². The van der Waals surface area contributed by atoms with E-state index in [9.17, 15) is 4.79 Å². The third-order valence-electron chi connectivity index (χ3n) is 2.29. The standard InChI is InChI=1S/C5H9NO2.C5H10O2/c7-4-5-3-6(5)1-2-8-5;1-5(2,3)7-4-6/h7H,1-4H2;4H,1-3H3/t5-,6?;/m0./s1. The van der Waals surface area contributed by atoms with Crippen LogP contribution in [0.25, 0.3) is 0 Å². The van der Waals surface area contributed by atoms with E-state index in [4.69, 9.17) is 9.84 Å². The van der Waals surface area contributed by atoms with Crippen LogP contribution in [0.15, 0.2) is 0 Å². The van der Waals surface area contributed by atoms with Crippen LogP contribution in [0.4, 0.5) is 0 Å². The first-order valence-electron chi connectivity index (χ1n) is 5.05. The van der Waals surface area contributed by atoms with Gasteiger partial charge in [0.1, 0.15) is 5.60 Å². The highest BCUT2D eigenvalue weighted by Crippen LogP contribution is 2.36. The molecule has 0 amide bonds. The van der Waals surface area contributed by atoms with Gasteiger partial charge in [-0.25, -0.2) is 0 Å². The van der Waals surface area contributed by atoms with E-state index in [0.29, 0.717) is 6.47 Å². The largest absolute Gasteiger partial charge is 0.462 e. The van der Waals surface area contributed by atoms with Crippen LogP contribution < -0.4 is 0 Å². The Morgan fingerprint density at radius 1 is 1.60 bits per heavy atom. The molecule has 15 heavy (non-hydrogen) atoms. The Balaban J connectivity index is 0.000000153. The molecule has 0 saturated carbocycles. The number of morpholine rings is 1. The van der Waals surface area contributed by atoms with Crippen molar-refractivity contribution in [3.05, 3.63) is 0 Å². The zero-order valence-corrected chi connectivity index (χ0v) is 9.52. The second-order valence-corrected chi connectivity index (χ2v) is 4.70. The van der Waals surface area contributed by atoms with Crippen LogP contribution in [-0.2, 0) is 14.3 Å². The molecule has 2 fully saturated rings. The van der Waals surface area contributed by atoms with Gasteiger partial charge in [0.2, 0.25) is 0 Å². The molecule has 2 heterocycles. The number of hydrogen-bond acceptors (Lipinski definition) is 5. The molecular weight excluding hydrogens is 198 g/mol. The van der Waals surface area contributed by atoms with Gasteiger partial charge in [0.15, 0.2) is 5.72 Å². The molecule has 0 aromatic heterocycles. The first kappa shape index (κ1) is 12.4. The highest BCUT2D eigenvalue weighted by molar-refractivity contribution is 5.37. The van der Waals surface area contributed by atoms with Crippen molar-refractivity contribution in [3.8, 4) is 0 Å². The first-order chi connectivity index (χ1) is 6.93. The Morgan fingerprint density at radius 3 is 2.40 bits per heavy atom. The molecule has 0 bridgehead atoms. The van der Waals surface area contributed by atoms with Gasteiger partial charge >= 0.3 is 0 Å². The molecule has 0 spiro atoms. The van der Waals surface area contributed by atoms with E-state index in [2.05, 4.69) is 9.64 Å². The van der Waals surface area contributed by atoms with E-state index in [1.54, 1.807) is 0 Å². The smallest absolute Gasteiger partial charge is 0.293 e. The van der Waals surface area contributed by atoms with E-state index >= 15 is 0 Å². The van der Waals surface area contributed by atoms with Crippen molar-refractivity contribution < 1.29 is 19.4 Å². The molecule has 2 atom stereocenters. The molecule has 5 heteroatoms. The maximum Gasteiger partial charge on any atom is 0.293 e. The number of rotatable bonds is 2. The second-order valence-electron chi connectivity index (χ2n) is 4.70. The number of aliphatic hydroxyl groups excluding tert-OH is 1. The molecule has 0 aromatic rings. The lowest BCUT2D eigenvalue weighted by Crippen LogP contribution is -2.19. The van der Waals surface area contributed by atoms with Crippen molar-refractivity contribution in [1.82, 2.24) is 4.90 Å². The van der Waals surface area contributed by atoms with Crippen LogP contribution in [0.1, 0.15) is 20.8 Å². The molecule has 1 unspecified atom stereocenters. The van der Waals surface area contributed by atoms with Gasteiger partial charge in [-0.3, -0.25) is 9.69 Å². The third kappa shape index (κ3) is 3.44. The Kier molecular flexibility index (Phi) is 3.70. The molecule has 2 rings (SSSR count). The highest BCUT2D eigenvalue weighted by atomic mass is 16.6. The lowest BCUT2D eigenvalue weighted by Gasteiger charge is -2.14. The highest BCUT2D eigenvalue weighted by Gasteiger charge is 2.56. The van der Waals surface area contributed by atoms with Gasteiger partial charge in [0.05, 0.1) is 13.2 Å². The zero-order chi connectivity index (χ0) is 11.5. The van der Waals surface area contributed by atoms with E-state index in [-0.39, 0.29) is 17.9 Å². The first-order valence-corrected chi connectivity index (χ1v) is 5.05. The minimum absolute atomic E-state index is 0.160. The molecular formula is C10H19NO4. The monoisotopic (exact) mass is 217 g/mol. The van der Waals surface area contributed by atoms with Crippen molar-refractivity contribution in [1.29, 1.82) is 0 Å². The third-order valence-corrected chi connectivity index (χ3v) is 2.29. The summed E-state index contributed by atoms with van der Waals surface area (Å²) >= 11 is 0. The molecule has 2 saturated heterocycles. The van der Waals surface area contributed by atoms with E-state index in [1.807, 2.05) is 20.8 Å². The summed E-state index contributed by atoms with van der Waals surface area (Å²) in [6.07, 6.45) is 0. The fourth-order valence-corrected chi connectivity index (χ4v) is 1.37. The van der Waals surface area contributed by atoms with Gasteiger partial charge in [-0.05, 0) is 20.8 Å².